The highest BCUT2D eigenvalue weighted by Crippen LogP contribution is 2.27. The molecule has 0 saturated heterocycles. The summed E-state index contributed by atoms with van der Waals surface area (Å²) < 4.78 is 6.10. The van der Waals surface area contributed by atoms with Gasteiger partial charge >= 0.3 is 5.97 Å². The van der Waals surface area contributed by atoms with Gasteiger partial charge in [0.1, 0.15) is 5.60 Å². The van der Waals surface area contributed by atoms with Crippen LogP contribution in [0.5, 0.6) is 0 Å². The van der Waals surface area contributed by atoms with E-state index in [4.69, 9.17) is 4.74 Å². The van der Waals surface area contributed by atoms with Crippen LogP contribution < -0.4 is 0 Å². The molecule has 1 unspecified atom stereocenters. The summed E-state index contributed by atoms with van der Waals surface area (Å²) >= 11 is 0. The number of carbonyl (C=O) groups is 1. The molecule has 3 heteroatoms. The first-order chi connectivity index (χ1) is 21.9. The van der Waals surface area contributed by atoms with E-state index in [1.807, 2.05) is 19.0 Å². The third-order valence-electron chi connectivity index (χ3n) is 8.93. The van der Waals surface area contributed by atoms with Crippen LogP contribution in [0.15, 0.2) is 36.5 Å². The Hall–Kier alpha value is -1.35. The van der Waals surface area contributed by atoms with Gasteiger partial charge in [0, 0.05) is 0 Å². The standard InChI is InChI=1S/C42H79NO2/c1-6-8-10-12-14-16-18-20-22-24-26-28-30-32-34-36-38-42(3,45-41(44)40-43(4)5)39-37-35-33-31-29-27-25-23-21-19-17-15-13-11-9-7-2/h14,16,20-23H,6-13,15,17-19,24-40H2,1-5H3/b16-14-,22-20-,23-21-. The smallest absolute Gasteiger partial charge is 0.320 e. The topological polar surface area (TPSA) is 29.5 Å². The number of nitrogens with zero attached hydrogens (tertiary/aromatic N) is 1. The average Bonchev–Trinajstić information content (AvgIpc) is 3.00. The molecular formula is C42H79NO2. The van der Waals surface area contributed by atoms with Gasteiger partial charge in [0.05, 0.1) is 6.54 Å². The van der Waals surface area contributed by atoms with Crippen molar-refractivity contribution in [1.82, 2.24) is 4.90 Å². The van der Waals surface area contributed by atoms with Gasteiger partial charge in [-0.05, 0) is 104 Å². The SMILES string of the molecule is CCCCC/C=C\C/C=C\CCCCCCCCC(C)(CCCCCCCC/C=C\CCCCCCCC)OC(=O)CN(C)C. The van der Waals surface area contributed by atoms with Crippen molar-refractivity contribution in [1.29, 1.82) is 0 Å². The number of likely N-dealkylation sites (N-methyl/N-ethyl adjacent to an activating group) is 1. The van der Waals surface area contributed by atoms with Crippen molar-refractivity contribution < 1.29 is 9.53 Å². The maximum Gasteiger partial charge on any atom is 0.320 e. The molecular weight excluding hydrogens is 550 g/mol. The molecule has 0 aromatic carbocycles. The van der Waals surface area contributed by atoms with Gasteiger partial charge in [-0.3, -0.25) is 9.69 Å². The second kappa shape index (κ2) is 34.0. The van der Waals surface area contributed by atoms with Crippen molar-refractivity contribution in [2.45, 2.75) is 206 Å². The van der Waals surface area contributed by atoms with Gasteiger partial charge in [0.25, 0.3) is 0 Å². The number of allylic oxidation sites excluding steroid dienone is 6. The summed E-state index contributed by atoms with van der Waals surface area (Å²) in [5.41, 5.74) is -0.316. The Kier molecular flexibility index (Phi) is 33.0. The van der Waals surface area contributed by atoms with Gasteiger partial charge in [-0.15, -0.1) is 0 Å². The highest BCUT2D eigenvalue weighted by Gasteiger charge is 2.28. The van der Waals surface area contributed by atoms with Gasteiger partial charge in [-0.25, -0.2) is 0 Å². The lowest BCUT2D eigenvalue weighted by Gasteiger charge is -2.30. The van der Waals surface area contributed by atoms with E-state index >= 15 is 0 Å². The lowest BCUT2D eigenvalue weighted by molar-refractivity contribution is -0.160. The Morgan fingerprint density at radius 3 is 1.27 bits per heavy atom. The number of unbranched alkanes of at least 4 members (excludes halogenated alkanes) is 21. The predicted molar refractivity (Wildman–Crippen MR) is 201 cm³/mol. The van der Waals surface area contributed by atoms with Crippen LogP contribution in [0.4, 0.5) is 0 Å². The summed E-state index contributed by atoms with van der Waals surface area (Å²) in [7, 11) is 3.87. The molecule has 1 atom stereocenters. The molecule has 0 aliphatic carbocycles. The van der Waals surface area contributed by atoms with E-state index in [0.29, 0.717) is 6.54 Å². The quantitative estimate of drug-likeness (QED) is 0.0403. The third-order valence-corrected chi connectivity index (χ3v) is 8.93. The highest BCUT2D eigenvalue weighted by atomic mass is 16.6. The van der Waals surface area contributed by atoms with Gasteiger partial charge in [0.2, 0.25) is 0 Å². The molecule has 0 saturated carbocycles. The van der Waals surface area contributed by atoms with Crippen molar-refractivity contribution in [3.8, 4) is 0 Å². The minimum absolute atomic E-state index is 0.0768. The maximum absolute atomic E-state index is 12.5. The Balaban J connectivity index is 4.01. The summed E-state index contributed by atoms with van der Waals surface area (Å²) in [5, 5.41) is 0. The van der Waals surface area contributed by atoms with Gasteiger partial charge < -0.3 is 4.74 Å². The van der Waals surface area contributed by atoms with Crippen LogP contribution >= 0.6 is 0 Å². The molecule has 0 rings (SSSR count). The fourth-order valence-corrected chi connectivity index (χ4v) is 6.03. The normalized spacial score (nSPS) is 13.6. The predicted octanol–water partition coefficient (Wildman–Crippen LogP) is 13.5. The molecule has 0 radical (unpaired) electrons. The van der Waals surface area contributed by atoms with E-state index in [0.717, 1.165) is 32.1 Å². The zero-order chi connectivity index (χ0) is 33.1. The Labute approximate surface area is 283 Å². The molecule has 0 bridgehead atoms. The fourth-order valence-electron chi connectivity index (χ4n) is 6.03. The van der Waals surface area contributed by atoms with E-state index in [2.05, 4.69) is 57.2 Å². The molecule has 0 spiro atoms. The van der Waals surface area contributed by atoms with E-state index < -0.39 is 0 Å². The first kappa shape index (κ1) is 43.6. The maximum atomic E-state index is 12.5. The minimum atomic E-state index is -0.316. The number of ether oxygens (including phenoxy) is 1. The molecule has 0 aliphatic rings. The van der Waals surface area contributed by atoms with Crippen LogP contribution in [0.3, 0.4) is 0 Å². The first-order valence-corrected chi connectivity index (χ1v) is 19.7. The lowest BCUT2D eigenvalue weighted by atomic mass is 9.91. The Morgan fingerprint density at radius 1 is 0.511 bits per heavy atom. The minimum Gasteiger partial charge on any atom is -0.458 e. The second-order valence-corrected chi connectivity index (χ2v) is 14.2. The van der Waals surface area contributed by atoms with Crippen molar-refractivity contribution >= 4 is 5.97 Å². The zero-order valence-electron chi connectivity index (χ0n) is 31.2. The van der Waals surface area contributed by atoms with Crippen molar-refractivity contribution in [2.24, 2.45) is 0 Å². The molecule has 45 heavy (non-hydrogen) atoms. The summed E-state index contributed by atoms with van der Waals surface area (Å²) in [5.74, 6) is -0.0768. The fraction of sp³-hybridized carbons (Fsp3) is 0.833. The molecule has 0 amide bonds. The summed E-state index contributed by atoms with van der Waals surface area (Å²) in [6, 6.07) is 0. The van der Waals surface area contributed by atoms with E-state index in [-0.39, 0.29) is 11.6 Å². The Bertz CT molecular complexity index is 709. The van der Waals surface area contributed by atoms with Crippen LogP contribution in [0.25, 0.3) is 0 Å². The summed E-state index contributed by atoms with van der Waals surface area (Å²) in [6.07, 6.45) is 49.8. The van der Waals surface area contributed by atoms with Crippen LogP contribution in [0.2, 0.25) is 0 Å². The molecule has 0 heterocycles. The number of carbonyl (C=O) groups excluding carboxylic acids is 1. The van der Waals surface area contributed by atoms with Crippen molar-refractivity contribution in [2.75, 3.05) is 20.6 Å². The van der Waals surface area contributed by atoms with Gasteiger partial charge in [0.15, 0.2) is 0 Å². The Morgan fingerprint density at radius 2 is 0.844 bits per heavy atom. The van der Waals surface area contributed by atoms with Crippen LogP contribution in [0, 0.1) is 0 Å². The molecule has 0 N–H and O–H groups in total. The molecule has 0 fully saturated rings. The van der Waals surface area contributed by atoms with Crippen molar-refractivity contribution in [3.05, 3.63) is 36.5 Å². The summed E-state index contributed by atoms with van der Waals surface area (Å²) in [4.78, 5) is 14.4. The van der Waals surface area contributed by atoms with E-state index in [1.165, 1.54) is 148 Å². The van der Waals surface area contributed by atoms with Crippen LogP contribution in [-0.2, 0) is 9.53 Å². The number of rotatable bonds is 34. The third kappa shape index (κ3) is 33.8. The lowest BCUT2D eigenvalue weighted by Crippen LogP contribution is -2.35. The molecule has 264 valence electrons. The van der Waals surface area contributed by atoms with Gasteiger partial charge in [-0.1, -0.05) is 147 Å². The number of hydrogen-bond donors (Lipinski definition) is 0. The zero-order valence-corrected chi connectivity index (χ0v) is 31.2. The van der Waals surface area contributed by atoms with Crippen LogP contribution in [0.1, 0.15) is 201 Å². The van der Waals surface area contributed by atoms with Crippen molar-refractivity contribution in [3.63, 3.8) is 0 Å². The first-order valence-electron chi connectivity index (χ1n) is 19.7. The highest BCUT2D eigenvalue weighted by molar-refractivity contribution is 5.72. The summed E-state index contributed by atoms with van der Waals surface area (Å²) in [6.45, 7) is 7.10. The largest absolute Gasteiger partial charge is 0.458 e. The molecule has 0 aliphatic heterocycles. The molecule has 3 nitrogen and oxygen atoms in total. The monoisotopic (exact) mass is 630 g/mol. The van der Waals surface area contributed by atoms with Crippen LogP contribution in [-0.4, -0.2) is 37.1 Å². The van der Waals surface area contributed by atoms with E-state index in [9.17, 15) is 4.79 Å². The molecule has 0 aromatic heterocycles. The average molecular weight is 630 g/mol. The number of hydrogen-bond acceptors (Lipinski definition) is 3. The van der Waals surface area contributed by atoms with E-state index in [1.54, 1.807) is 0 Å². The molecule has 0 aromatic rings. The second-order valence-electron chi connectivity index (χ2n) is 14.2. The van der Waals surface area contributed by atoms with Gasteiger partial charge in [-0.2, -0.15) is 0 Å². The number of esters is 1.